The first-order valence-electron chi connectivity index (χ1n) is 9.44. The number of fused-ring (bicyclic) bond motifs is 1. The number of benzene rings is 2. The highest BCUT2D eigenvalue weighted by Gasteiger charge is 2.48. The molecule has 0 spiro atoms. The lowest BCUT2D eigenvalue weighted by Crippen LogP contribution is -2.47. The molecule has 0 bridgehead atoms. The van der Waals surface area contributed by atoms with E-state index in [4.69, 9.17) is 9.84 Å². The smallest absolute Gasteiger partial charge is 0.322 e. The molecule has 32 heavy (non-hydrogen) atoms. The van der Waals surface area contributed by atoms with Crippen molar-refractivity contribution >= 4 is 22.7 Å². The summed E-state index contributed by atoms with van der Waals surface area (Å²) >= 11 is 0. The molecule has 1 aliphatic heterocycles. The Balaban J connectivity index is 1.73. The summed E-state index contributed by atoms with van der Waals surface area (Å²) in [5.74, 6) is 2.51. The molecule has 0 saturated carbocycles. The number of amides is 3. The molecule has 164 valence electrons. The first kappa shape index (κ1) is 21.1. The molecule has 2 heterocycles. The van der Waals surface area contributed by atoms with Crippen molar-refractivity contribution in [3.63, 3.8) is 0 Å². The number of aromatic nitrogens is 1. The highest BCUT2D eigenvalue weighted by atomic mass is 19.1. The normalized spacial score (nSPS) is 17.6. The average molecular weight is 441 g/mol. The van der Waals surface area contributed by atoms with Gasteiger partial charge in [-0.15, -0.1) is 0 Å². The minimum atomic E-state index is -1.62. The molecule has 1 aromatic heterocycles. The van der Waals surface area contributed by atoms with E-state index in [1.807, 2.05) is 0 Å². The Hall–Kier alpha value is -4.10. The van der Waals surface area contributed by atoms with Crippen molar-refractivity contribution in [3.8, 4) is 23.5 Å². The second kappa shape index (κ2) is 8.20. The number of halogens is 2. The van der Waals surface area contributed by atoms with Crippen LogP contribution in [0, 0.1) is 23.5 Å². The zero-order valence-corrected chi connectivity index (χ0v) is 16.5. The van der Waals surface area contributed by atoms with E-state index < -0.39 is 29.1 Å². The molecule has 4 N–H and O–H groups in total. The number of aromatic hydroxyl groups is 1. The summed E-state index contributed by atoms with van der Waals surface area (Å²) in [5.41, 5.74) is -1.31. The summed E-state index contributed by atoms with van der Waals surface area (Å²) < 4.78 is 34.4. The number of imide groups is 1. The van der Waals surface area contributed by atoms with Gasteiger partial charge in [0.1, 0.15) is 19.0 Å². The Morgan fingerprint density at radius 2 is 1.88 bits per heavy atom. The van der Waals surface area contributed by atoms with E-state index in [-0.39, 0.29) is 36.8 Å². The van der Waals surface area contributed by atoms with Gasteiger partial charge in [-0.3, -0.25) is 10.1 Å². The highest BCUT2D eigenvalue weighted by molar-refractivity contribution is 6.07. The fourth-order valence-corrected chi connectivity index (χ4v) is 3.59. The lowest BCUT2D eigenvalue weighted by atomic mass is 9.89. The summed E-state index contributed by atoms with van der Waals surface area (Å²) in [6.45, 7) is -0.729. The maximum atomic E-state index is 14.4. The predicted octanol–water partition coefficient (Wildman–Crippen LogP) is 1.73. The van der Waals surface area contributed by atoms with E-state index in [9.17, 15) is 23.5 Å². The van der Waals surface area contributed by atoms with Crippen LogP contribution in [-0.4, -0.2) is 39.9 Å². The second-order valence-electron chi connectivity index (χ2n) is 7.07. The number of rotatable bonds is 5. The van der Waals surface area contributed by atoms with Crippen LogP contribution >= 0.6 is 0 Å². The van der Waals surface area contributed by atoms with Crippen LogP contribution in [0.15, 0.2) is 42.6 Å². The van der Waals surface area contributed by atoms with Gasteiger partial charge in [0.15, 0.2) is 23.0 Å². The first-order valence-corrected chi connectivity index (χ1v) is 9.44. The first-order chi connectivity index (χ1) is 15.3. The summed E-state index contributed by atoms with van der Waals surface area (Å²) in [6.07, 6.45) is 1.47. The van der Waals surface area contributed by atoms with Gasteiger partial charge < -0.3 is 24.8 Å². The molecule has 3 amide bonds. The number of aliphatic hydroxyl groups excluding tert-OH is 1. The molecule has 1 fully saturated rings. The lowest BCUT2D eigenvalue weighted by molar-refractivity contribution is -0.124. The Morgan fingerprint density at radius 3 is 2.53 bits per heavy atom. The van der Waals surface area contributed by atoms with Crippen LogP contribution in [0.5, 0.6) is 11.6 Å². The minimum absolute atomic E-state index is 0.109. The number of aliphatic hydroxyl groups is 1. The van der Waals surface area contributed by atoms with Crippen LogP contribution in [-0.2, 0) is 16.9 Å². The van der Waals surface area contributed by atoms with Crippen molar-refractivity contribution in [2.24, 2.45) is 0 Å². The van der Waals surface area contributed by atoms with Gasteiger partial charge in [0.25, 0.3) is 5.91 Å². The minimum Gasteiger partial charge on any atom is -0.494 e. The molecule has 1 aliphatic rings. The summed E-state index contributed by atoms with van der Waals surface area (Å²) in [7, 11) is 0. The number of hydrogen-bond acceptors (Lipinski definition) is 5. The van der Waals surface area contributed by atoms with E-state index in [2.05, 4.69) is 22.5 Å². The molecule has 3 aromatic rings. The maximum Gasteiger partial charge on any atom is 0.322 e. The Bertz CT molecular complexity index is 1280. The molecule has 1 atom stereocenters. The van der Waals surface area contributed by atoms with Crippen LogP contribution in [0.25, 0.3) is 10.8 Å². The summed E-state index contributed by atoms with van der Waals surface area (Å²) in [5, 5.41) is 24.6. The van der Waals surface area contributed by atoms with Crippen LogP contribution in [0.1, 0.15) is 5.56 Å². The van der Waals surface area contributed by atoms with Crippen LogP contribution < -0.4 is 15.4 Å². The van der Waals surface area contributed by atoms with Crippen molar-refractivity contribution in [2.45, 2.75) is 12.1 Å². The zero-order valence-electron chi connectivity index (χ0n) is 16.5. The molecule has 1 unspecified atom stereocenters. The van der Waals surface area contributed by atoms with Gasteiger partial charge in [-0.25, -0.2) is 13.6 Å². The van der Waals surface area contributed by atoms with E-state index in [0.717, 1.165) is 18.2 Å². The number of nitrogens with one attached hydrogen (secondary N) is 2. The second-order valence-corrected chi connectivity index (χ2v) is 7.07. The number of urea groups is 1. The molecular formula is C22H17F2N3O5. The lowest BCUT2D eigenvalue weighted by Gasteiger charge is -2.27. The Kier molecular flexibility index (Phi) is 5.42. The number of hydrogen-bond donors (Lipinski definition) is 4. The number of carbonyl (C=O) groups is 2. The van der Waals surface area contributed by atoms with Gasteiger partial charge in [-0.05, 0) is 29.8 Å². The summed E-state index contributed by atoms with van der Waals surface area (Å²) in [4.78, 5) is 24.6. The zero-order chi connectivity index (χ0) is 22.9. The molecule has 0 radical (unpaired) electrons. The van der Waals surface area contributed by atoms with Crippen LogP contribution in [0.4, 0.5) is 13.6 Å². The number of ether oxygens (including phenoxy) is 1. The van der Waals surface area contributed by atoms with E-state index >= 15 is 0 Å². The van der Waals surface area contributed by atoms with Crippen molar-refractivity contribution in [1.29, 1.82) is 0 Å². The maximum absolute atomic E-state index is 14.4. The van der Waals surface area contributed by atoms with Gasteiger partial charge in [-0.2, -0.15) is 0 Å². The topological polar surface area (TPSA) is 113 Å². The van der Waals surface area contributed by atoms with Crippen molar-refractivity contribution in [3.05, 3.63) is 59.8 Å². The third kappa shape index (κ3) is 3.70. The molecule has 8 nitrogen and oxygen atoms in total. The van der Waals surface area contributed by atoms with Gasteiger partial charge in [0.2, 0.25) is 0 Å². The SMILES string of the molecule is O=C1NC(=O)C(Cn2cc3cc(OCC#CCO)c(F)cc3c2O)(c2ccc(F)cc2)N1. The van der Waals surface area contributed by atoms with E-state index in [1.165, 1.54) is 29.0 Å². The third-order valence-electron chi connectivity index (χ3n) is 5.10. The van der Waals surface area contributed by atoms with E-state index in [1.54, 1.807) is 0 Å². The Labute approximate surface area is 180 Å². The molecule has 4 rings (SSSR count). The van der Waals surface area contributed by atoms with Gasteiger partial charge >= 0.3 is 6.03 Å². The average Bonchev–Trinajstić information content (AvgIpc) is 3.21. The molecule has 2 aromatic carbocycles. The monoisotopic (exact) mass is 441 g/mol. The standard InChI is InChI=1S/C22H17F2N3O5/c23-15-5-3-14(4-6-15)22(20(30)25-21(31)26-22)12-27-11-13-9-18(32-8-2-1-7-28)17(24)10-16(13)19(27)29/h3-6,9-11,28-29H,7-8,12H2,(H2,25,26,30,31). The molecule has 10 heteroatoms. The van der Waals surface area contributed by atoms with Gasteiger partial charge in [0, 0.05) is 17.0 Å². The molecular weight excluding hydrogens is 424 g/mol. The fourth-order valence-electron chi connectivity index (χ4n) is 3.59. The predicted molar refractivity (Wildman–Crippen MR) is 109 cm³/mol. The van der Waals surface area contributed by atoms with Crippen LogP contribution in [0.2, 0.25) is 0 Å². The third-order valence-corrected chi connectivity index (χ3v) is 5.10. The van der Waals surface area contributed by atoms with Gasteiger partial charge in [0.05, 0.1) is 6.54 Å². The molecule has 0 aliphatic carbocycles. The quantitative estimate of drug-likeness (QED) is 0.356. The summed E-state index contributed by atoms with van der Waals surface area (Å²) in [6, 6.07) is 6.73. The number of nitrogens with zero attached hydrogens (tertiary/aromatic N) is 1. The van der Waals surface area contributed by atoms with E-state index in [0.29, 0.717) is 10.9 Å². The fraction of sp³-hybridized carbons (Fsp3) is 0.182. The largest absolute Gasteiger partial charge is 0.494 e. The van der Waals surface area contributed by atoms with Crippen molar-refractivity contribution in [2.75, 3.05) is 13.2 Å². The van der Waals surface area contributed by atoms with Crippen molar-refractivity contribution < 1.29 is 33.3 Å². The van der Waals surface area contributed by atoms with Crippen LogP contribution in [0.3, 0.4) is 0 Å². The van der Waals surface area contributed by atoms with Crippen molar-refractivity contribution in [1.82, 2.24) is 15.2 Å². The number of carbonyl (C=O) groups excluding carboxylic acids is 2. The molecule has 1 saturated heterocycles. The van der Waals surface area contributed by atoms with Gasteiger partial charge in [-0.1, -0.05) is 24.0 Å². The highest BCUT2D eigenvalue weighted by Crippen LogP contribution is 2.35. The Morgan fingerprint density at radius 1 is 1.12 bits per heavy atom.